The lowest BCUT2D eigenvalue weighted by molar-refractivity contribution is -0.137. The van der Waals surface area contributed by atoms with Crippen molar-refractivity contribution >= 4 is 23.4 Å². The van der Waals surface area contributed by atoms with Gasteiger partial charge in [0.15, 0.2) is 18.1 Å². The number of amides is 2. The molecule has 7 nitrogen and oxygen atoms in total. The minimum Gasteiger partial charge on any atom is -0.493 e. The lowest BCUT2D eigenvalue weighted by Gasteiger charge is -2.26. The largest absolute Gasteiger partial charge is 0.493 e. The first kappa shape index (κ1) is 24.6. The molecule has 0 saturated carbocycles. The van der Waals surface area contributed by atoms with E-state index in [1.54, 1.807) is 35.2 Å². The first-order valence-electron chi connectivity index (χ1n) is 11.3. The number of halogens is 1. The van der Waals surface area contributed by atoms with Gasteiger partial charge in [0.2, 0.25) is 0 Å². The Bertz CT molecular complexity index is 1150. The molecule has 4 rings (SSSR count). The van der Waals surface area contributed by atoms with Crippen molar-refractivity contribution in [3.8, 4) is 11.5 Å². The molecular formula is C27H27ClN2O5. The molecular weight excluding hydrogens is 468 g/mol. The van der Waals surface area contributed by atoms with Crippen molar-refractivity contribution in [3.63, 3.8) is 0 Å². The predicted molar refractivity (Wildman–Crippen MR) is 133 cm³/mol. The van der Waals surface area contributed by atoms with E-state index in [4.69, 9.17) is 25.8 Å². The van der Waals surface area contributed by atoms with Gasteiger partial charge >= 0.3 is 0 Å². The zero-order valence-electron chi connectivity index (χ0n) is 19.4. The third kappa shape index (κ3) is 6.32. The number of hydrogen-bond acceptors (Lipinski definition) is 5. The summed E-state index contributed by atoms with van der Waals surface area (Å²) >= 11 is 6.06. The first-order chi connectivity index (χ1) is 17.0. The summed E-state index contributed by atoms with van der Waals surface area (Å²) in [6.07, 6.45) is 0. The number of hydrogen-bond donors (Lipinski definition) is 1. The van der Waals surface area contributed by atoms with Gasteiger partial charge in [-0.3, -0.25) is 9.59 Å². The second-order valence-electron chi connectivity index (χ2n) is 8.02. The molecule has 35 heavy (non-hydrogen) atoms. The minimum absolute atomic E-state index is 0.117. The van der Waals surface area contributed by atoms with Crippen LogP contribution < -0.4 is 14.8 Å². The number of nitrogens with one attached hydrogen (secondary N) is 1. The molecule has 2 amide bonds. The van der Waals surface area contributed by atoms with E-state index in [1.807, 2.05) is 42.5 Å². The van der Waals surface area contributed by atoms with E-state index in [2.05, 4.69) is 5.32 Å². The molecule has 0 bridgehead atoms. The summed E-state index contributed by atoms with van der Waals surface area (Å²) in [5.41, 5.74) is 2.25. The Labute approximate surface area is 209 Å². The third-order valence-corrected chi connectivity index (χ3v) is 6.00. The SMILES string of the molecule is COc1cc(C(=O)NC(c2ccccc2)c2ccc(Cl)cc2)ccc1OCC(=O)N1CCOCC1. The topological polar surface area (TPSA) is 77.1 Å². The Hall–Kier alpha value is -3.55. The molecule has 1 atom stereocenters. The predicted octanol–water partition coefficient (Wildman–Crippen LogP) is 4.11. The van der Waals surface area contributed by atoms with Crippen LogP contribution in [0.25, 0.3) is 0 Å². The van der Waals surface area contributed by atoms with Crippen LogP contribution in [0.1, 0.15) is 27.5 Å². The Morgan fingerprint density at radius 2 is 1.66 bits per heavy atom. The molecule has 1 fully saturated rings. The Kier molecular flexibility index (Phi) is 8.23. The fraction of sp³-hybridized carbons (Fsp3) is 0.259. The normalized spacial score (nSPS) is 14.2. The standard InChI is InChI=1S/C27H27ClN2O5/c1-33-24-17-21(9-12-23(24)35-18-25(31)30-13-15-34-16-14-30)27(32)29-26(19-5-3-2-4-6-19)20-7-10-22(28)11-8-20/h2-12,17,26H,13-16,18H2,1H3,(H,29,32). The van der Waals surface area contributed by atoms with Crippen molar-refractivity contribution in [1.29, 1.82) is 0 Å². The number of ether oxygens (including phenoxy) is 3. The van der Waals surface area contributed by atoms with Crippen LogP contribution in [0.15, 0.2) is 72.8 Å². The van der Waals surface area contributed by atoms with Gasteiger partial charge in [0.1, 0.15) is 0 Å². The van der Waals surface area contributed by atoms with E-state index in [-0.39, 0.29) is 24.5 Å². The maximum Gasteiger partial charge on any atom is 0.260 e. The summed E-state index contributed by atoms with van der Waals surface area (Å²) in [5, 5.41) is 3.72. The van der Waals surface area contributed by atoms with Crippen LogP contribution in [-0.2, 0) is 9.53 Å². The van der Waals surface area contributed by atoms with Gasteiger partial charge in [0, 0.05) is 23.7 Å². The van der Waals surface area contributed by atoms with Gasteiger partial charge in [-0.2, -0.15) is 0 Å². The highest BCUT2D eigenvalue weighted by atomic mass is 35.5. The van der Waals surface area contributed by atoms with Crippen molar-refractivity contribution in [3.05, 3.63) is 94.5 Å². The van der Waals surface area contributed by atoms with E-state index in [9.17, 15) is 9.59 Å². The molecule has 1 heterocycles. The van der Waals surface area contributed by atoms with Crippen molar-refractivity contribution in [1.82, 2.24) is 10.2 Å². The molecule has 0 aliphatic carbocycles. The van der Waals surface area contributed by atoms with Crippen LogP contribution in [0.5, 0.6) is 11.5 Å². The van der Waals surface area contributed by atoms with Crippen molar-refractivity contribution < 1.29 is 23.8 Å². The number of carbonyl (C=O) groups excluding carboxylic acids is 2. The summed E-state index contributed by atoms with van der Waals surface area (Å²) in [7, 11) is 1.49. The molecule has 1 unspecified atom stereocenters. The highest BCUT2D eigenvalue weighted by molar-refractivity contribution is 6.30. The summed E-state index contributed by atoms with van der Waals surface area (Å²) in [6.45, 7) is 2.04. The molecule has 3 aromatic rings. The number of carbonyl (C=O) groups is 2. The van der Waals surface area contributed by atoms with Gasteiger partial charge in [-0.05, 0) is 41.5 Å². The number of benzene rings is 3. The van der Waals surface area contributed by atoms with Crippen LogP contribution in [-0.4, -0.2) is 56.7 Å². The molecule has 0 aromatic heterocycles. The molecule has 0 spiro atoms. The van der Waals surface area contributed by atoms with E-state index < -0.39 is 0 Å². The fourth-order valence-electron chi connectivity index (χ4n) is 3.85. The Morgan fingerprint density at radius 1 is 0.971 bits per heavy atom. The maximum atomic E-state index is 13.2. The van der Waals surface area contributed by atoms with Gasteiger partial charge in [-0.15, -0.1) is 0 Å². The lowest BCUT2D eigenvalue weighted by Crippen LogP contribution is -2.43. The van der Waals surface area contributed by atoms with E-state index in [0.717, 1.165) is 11.1 Å². The zero-order chi connectivity index (χ0) is 24.6. The molecule has 1 saturated heterocycles. The minimum atomic E-state index is -0.367. The van der Waals surface area contributed by atoms with Crippen LogP contribution in [0, 0.1) is 0 Å². The van der Waals surface area contributed by atoms with E-state index in [0.29, 0.717) is 48.4 Å². The average molecular weight is 495 g/mol. The lowest BCUT2D eigenvalue weighted by atomic mass is 9.98. The highest BCUT2D eigenvalue weighted by Crippen LogP contribution is 2.29. The number of nitrogens with zero attached hydrogens (tertiary/aromatic N) is 1. The van der Waals surface area contributed by atoms with Crippen LogP contribution >= 0.6 is 11.6 Å². The molecule has 1 N–H and O–H groups in total. The maximum absolute atomic E-state index is 13.2. The number of rotatable bonds is 8. The Balaban J connectivity index is 1.48. The first-order valence-corrected chi connectivity index (χ1v) is 11.7. The molecule has 8 heteroatoms. The van der Waals surface area contributed by atoms with Crippen LogP contribution in [0.2, 0.25) is 5.02 Å². The number of methoxy groups -OCH3 is 1. The molecule has 1 aliphatic rings. The van der Waals surface area contributed by atoms with Gasteiger partial charge in [0.05, 0.1) is 26.4 Å². The van der Waals surface area contributed by atoms with E-state index >= 15 is 0 Å². The van der Waals surface area contributed by atoms with Crippen molar-refractivity contribution in [2.75, 3.05) is 40.0 Å². The summed E-state index contributed by atoms with van der Waals surface area (Å²) < 4.78 is 16.4. The molecule has 1 aliphatic heterocycles. The molecule has 0 radical (unpaired) electrons. The van der Waals surface area contributed by atoms with Gasteiger partial charge in [-0.25, -0.2) is 0 Å². The summed E-state index contributed by atoms with van der Waals surface area (Å²) in [6, 6.07) is 21.6. The average Bonchev–Trinajstić information content (AvgIpc) is 2.91. The Morgan fingerprint density at radius 3 is 2.34 bits per heavy atom. The van der Waals surface area contributed by atoms with Gasteiger partial charge in [0.25, 0.3) is 11.8 Å². The van der Waals surface area contributed by atoms with Crippen LogP contribution in [0.4, 0.5) is 0 Å². The smallest absolute Gasteiger partial charge is 0.260 e. The van der Waals surface area contributed by atoms with Gasteiger partial charge in [-0.1, -0.05) is 54.1 Å². The quantitative estimate of drug-likeness (QED) is 0.510. The van der Waals surface area contributed by atoms with Crippen molar-refractivity contribution in [2.24, 2.45) is 0 Å². The number of morpholine rings is 1. The highest BCUT2D eigenvalue weighted by Gasteiger charge is 2.21. The molecule has 3 aromatic carbocycles. The second-order valence-corrected chi connectivity index (χ2v) is 8.45. The summed E-state index contributed by atoms with van der Waals surface area (Å²) in [5.74, 6) is 0.368. The molecule has 182 valence electrons. The monoisotopic (exact) mass is 494 g/mol. The zero-order valence-corrected chi connectivity index (χ0v) is 20.2. The van der Waals surface area contributed by atoms with Crippen molar-refractivity contribution in [2.45, 2.75) is 6.04 Å². The van der Waals surface area contributed by atoms with E-state index in [1.165, 1.54) is 7.11 Å². The second kappa shape index (κ2) is 11.7. The van der Waals surface area contributed by atoms with Crippen LogP contribution in [0.3, 0.4) is 0 Å². The third-order valence-electron chi connectivity index (χ3n) is 5.75. The fourth-order valence-corrected chi connectivity index (χ4v) is 3.97. The summed E-state index contributed by atoms with van der Waals surface area (Å²) in [4.78, 5) is 27.3. The van der Waals surface area contributed by atoms with Gasteiger partial charge < -0.3 is 24.4 Å².